The molecule has 0 saturated carbocycles. The topological polar surface area (TPSA) is 85.1 Å². The molecule has 0 spiro atoms. The van der Waals surface area contributed by atoms with Crippen LogP contribution >= 0.6 is 0 Å². The van der Waals surface area contributed by atoms with Crippen molar-refractivity contribution in [2.24, 2.45) is 11.7 Å². The zero-order valence-electron chi connectivity index (χ0n) is 11.7. The summed E-state index contributed by atoms with van der Waals surface area (Å²) >= 11 is 0. The number of aromatic nitrogens is 1. The Bertz CT molecular complexity index is 477. The number of rotatable bonds is 7. The minimum atomic E-state index is -0.679. The largest absolute Gasteiger partial charge is 0.368 e. The number of nitrogens with one attached hydrogen (secondary N) is 1. The van der Waals surface area contributed by atoms with E-state index in [1.165, 1.54) is 6.20 Å². The first-order valence-electron chi connectivity index (χ1n) is 6.58. The third kappa shape index (κ3) is 5.34. The van der Waals surface area contributed by atoms with Crippen LogP contribution in [0.5, 0.6) is 0 Å². The van der Waals surface area contributed by atoms with Gasteiger partial charge in [-0.15, -0.1) is 0 Å². The van der Waals surface area contributed by atoms with E-state index in [-0.39, 0.29) is 24.7 Å². The van der Waals surface area contributed by atoms with Crippen molar-refractivity contribution >= 4 is 11.8 Å². The van der Waals surface area contributed by atoms with Gasteiger partial charge in [-0.2, -0.15) is 4.39 Å². The monoisotopic (exact) mass is 281 g/mol. The second-order valence-corrected chi connectivity index (χ2v) is 5.11. The van der Waals surface area contributed by atoms with Crippen LogP contribution in [0.3, 0.4) is 0 Å². The van der Waals surface area contributed by atoms with E-state index in [1.807, 2.05) is 13.8 Å². The fourth-order valence-electron chi connectivity index (χ4n) is 1.84. The van der Waals surface area contributed by atoms with Gasteiger partial charge in [-0.25, -0.2) is 4.98 Å². The predicted octanol–water partition coefficient (Wildman–Crippen LogP) is 1.17. The maximum absolute atomic E-state index is 13.3. The number of nitrogens with zero attached hydrogens (tertiary/aromatic N) is 1. The SMILES string of the molecule is CC(C)CC(NC(=O)CCc1cccnc1F)C(N)=O. The van der Waals surface area contributed by atoms with E-state index >= 15 is 0 Å². The van der Waals surface area contributed by atoms with E-state index in [4.69, 9.17) is 5.73 Å². The molecule has 0 aromatic carbocycles. The Morgan fingerprint density at radius 3 is 2.70 bits per heavy atom. The van der Waals surface area contributed by atoms with Crippen LogP contribution in [-0.2, 0) is 16.0 Å². The van der Waals surface area contributed by atoms with Gasteiger partial charge in [-0.3, -0.25) is 9.59 Å². The van der Waals surface area contributed by atoms with E-state index in [0.29, 0.717) is 12.0 Å². The highest BCUT2D eigenvalue weighted by atomic mass is 19.1. The summed E-state index contributed by atoms with van der Waals surface area (Å²) in [7, 11) is 0. The fourth-order valence-corrected chi connectivity index (χ4v) is 1.84. The van der Waals surface area contributed by atoms with E-state index in [1.54, 1.807) is 12.1 Å². The van der Waals surface area contributed by atoms with Gasteiger partial charge in [0, 0.05) is 18.2 Å². The van der Waals surface area contributed by atoms with Gasteiger partial charge in [0.1, 0.15) is 6.04 Å². The minimum absolute atomic E-state index is 0.0878. The summed E-state index contributed by atoms with van der Waals surface area (Å²) in [6.45, 7) is 3.88. The number of hydrogen-bond acceptors (Lipinski definition) is 3. The Kier molecular flexibility index (Phi) is 6.09. The third-order valence-corrected chi connectivity index (χ3v) is 2.84. The molecule has 110 valence electrons. The second kappa shape index (κ2) is 7.57. The molecule has 5 nitrogen and oxygen atoms in total. The molecule has 0 aliphatic carbocycles. The van der Waals surface area contributed by atoms with Gasteiger partial charge in [0.05, 0.1) is 0 Å². The summed E-state index contributed by atoms with van der Waals surface area (Å²) in [4.78, 5) is 26.5. The first-order chi connectivity index (χ1) is 9.40. The maximum Gasteiger partial charge on any atom is 0.240 e. The normalized spacial score (nSPS) is 12.2. The number of amides is 2. The Labute approximate surface area is 117 Å². The number of carbonyl (C=O) groups excluding carboxylic acids is 2. The van der Waals surface area contributed by atoms with Gasteiger partial charge < -0.3 is 11.1 Å². The van der Waals surface area contributed by atoms with Gasteiger partial charge in [0.15, 0.2) is 0 Å². The number of pyridine rings is 1. The first-order valence-corrected chi connectivity index (χ1v) is 6.58. The number of hydrogen-bond donors (Lipinski definition) is 2. The molecular formula is C14H20FN3O2. The minimum Gasteiger partial charge on any atom is -0.368 e. The van der Waals surface area contributed by atoms with Crippen LogP contribution in [0.2, 0.25) is 0 Å². The molecule has 1 aromatic rings. The Morgan fingerprint density at radius 2 is 2.15 bits per heavy atom. The molecule has 2 amide bonds. The van der Waals surface area contributed by atoms with Gasteiger partial charge in [0.25, 0.3) is 0 Å². The first kappa shape index (κ1) is 16.1. The van der Waals surface area contributed by atoms with E-state index < -0.39 is 17.9 Å². The second-order valence-electron chi connectivity index (χ2n) is 5.11. The summed E-state index contributed by atoms with van der Waals surface area (Å²) in [5.74, 6) is -1.21. The third-order valence-electron chi connectivity index (χ3n) is 2.84. The molecule has 3 N–H and O–H groups in total. The highest BCUT2D eigenvalue weighted by molar-refractivity contribution is 5.86. The summed E-state index contributed by atoms with van der Waals surface area (Å²) < 4.78 is 13.3. The molecular weight excluding hydrogens is 261 g/mol. The average Bonchev–Trinajstić information content (AvgIpc) is 2.36. The average molecular weight is 281 g/mol. The molecule has 0 aliphatic heterocycles. The van der Waals surface area contributed by atoms with Crippen LogP contribution in [0.4, 0.5) is 4.39 Å². The Morgan fingerprint density at radius 1 is 1.45 bits per heavy atom. The van der Waals surface area contributed by atoms with E-state index in [0.717, 1.165) is 0 Å². The Balaban J connectivity index is 2.50. The van der Waals surface area contributed by atoms with Gasteiger partial charge >= 0.3 is 0 Å². The molecule has 0 fully saturated rings. The smallest absolute Gasteiger partial charge is 0.240 e. The van der Waals surface area contributed by atoms with Crippen LogP contribution in [0.1, 0.15) is 32.3 Å². The summed E-state index contributed by atoms with van der Waals surface area (Å²) in [5, 5.41) is 2.58. The highest BCUT2D eigenvalue weighted by Gasteiger charge is 2.19. The zero-order chi connectivity index (χ0) is 15.1. The number of primary amides is 1. The van der Waals surface area contributed by atoms with Crippen molar-refractivity contribution in [2.75, 3.05) is 0 Å². The summed E-state index contributed by atoms with van der Waals surface area (Å²) in [6, 6.07) is 2.51. The van der Waals surface area contributed by atoms with Crippen LogP contribution in [0.15, 0.2) is 18.3 Å². The lowest BCUT2D eigenvalue weighted by Gasteiger charge is -2.17. The van der Waals surface area contributed by atoms with Crippen LogP contribution < -0.4 is 11.1 Å². The van der Waals surface area contributed by atoms with Crippen molar-refractivity contribution in [1.29, 1.82) is 0 Å². The van der Waals surface area contributed by atoms with Gasteiger partial charge in [0.2, 0.25) is 17.8 Å². The number of carbonyl (C=O) groups is 2. The lowest BCUT2D eigenvalue weighted by Crippen LogP contribution is -2.45. The molecule has 20 heavy (non-hydrogen) atoms. The predicted molar refractivity (Wildman–Crippen MR) is 73.1 cm³/mol. The zero-order valence-corrected chi connectivity index (χ0v) is 11.7. The number of aryl methyl sites for hydroxylation is 1. The van der Waals surface area contributed by atoms with Crippen molar-refractivity contribution in [3.8, 4) is 0 Å². The summed E-state index contributed by atoms with van der Waals surface area (Å²) in [5.41, 5.74) is 5.62. The fraction of sp³-hybridized carbons (Fsp3) is 0.500. The molecule has 6 heteroatoms. The van der Waals surface area contributed by atoms with E-state index in [2.05, 4.69) is 10.3 Å². The molecule has 1 unspecified atom stereocenters. The van der Waals surface area contributed by atoms with Crippen LogP contribution in [0, 0.1) is 11.9 Å². The van der Waals surface area contributed by atoms with Gasteiger partial charge in [-0.1, -0.05) is 19.9 Å². The molecule has 0 saturated heterocycles. The van der Waals surface area contributed by atoms with Crippen molar-refractivity contribution in [2.45, 2.75) is 39.2 Å². The van der Waals surface area contributed by atoms with Crippen molar-refractivity contribution < 1.29 is 14.0 Å². The molecule has 1 atom stereocenters. The van der Waals surface area contributed by atoms with Crippen LogP contribution in [-0.4, -0.2) is 22.8 Å². The number of halogens is 1. The lowest BCUT2D eigenvalue weighted by atomic mass is 10.0. The lowest BCUT2D eigenvalue weighted by molar-refractivity contribution is -0.127. The molecule has 0 bridgehead atoms. The van der Waals surface area contributed by atoms with Crippen LogP contribution in [0.25, 0.3) is 0 Å². The van der Waals surface area contributed by atoms with Crippen molar-refractivity contribution in [1.82, 2.24) is 10.3 Å². The van der Waals surface area contributed by atoms with E-state index in [9.17, 15) is 14.0 Å². The molecule has 1 heterocycles. The molecule has 1 aromatic heterocycles. The number of nitrogens with two attached hydrogens (primary N) is 1. The molecule has 1 rings (SSSR count). The van der Waals surface area contributed by atoms with Crippen molar-refractivity contribution in [3.63, 3.8) is 0 Å². The standard InChI is InChI=1S/C14H20FN3O2/c1-9(2)8-11(14(16)20)18-12(19)6-5-10-4-3-7-17-13(10)15/h3-4,7,9,11H,5-6,8H2,1-2H3,(H2,16,20)(H,18,19). The van der Waals surface area contributed by atoms with Gasteiger partial charge in [-0.05, 0) is 24.8 Å². The quantitative estimate of drug-likeness (QED) is 0.736. The maximum atomic E-state index is 13.3. The Hall–Kier alpha value is -1.98. The molecule has 0 aliphatic rings. The summed E-state index contributed by atoms with van der Waals surface area (Å²) in [6.07, 6.45) is 2.16. The highest BCUT2D eigenvalue weighted by Crippen LogP contribution is 2.08. The van der Waals surface area contributed by atoms with Crippen molar-refractivity contribution in [3.05, 3.63) is 29.8 Å². The molecule has 0 radical (unpaired) electrons.